The lowest BCUT2D eigenvalue weighted by atomic mass is 9.98. The molecular formula is C13H14F3NO. The predicted molar refractivity (Wildman–Crippen MR) is 61.3 cm³/mol. The largest absolute Gasteiger partial charge is 0.406 e. The zero-order valence-corrected chi connectivity index (χ0v) is 10.2. The molecule has 0 aliphatic carbocycles. The summed E-state index contributed by atoms with van der Waals surface area (Å²) < 4.78 is 37.0. The molecule has 1 aromatic rings. The van der Waals surface area contributed by atoms with Gasteiger partial charge in [-0.05, 0) is 23.1 Å². The van der Waals surface area contributed by atoms with Crippen molar-refractivity contribution in [2.75, 3.05) is 6.54 Å². The quantitative estimate of drug-likeness (QED) is 0.795. The summed E-state index contributed by atoms with van der Waals surface area (Å²) in [6.45, 7) is 2.88. The SMILES string of the molecule is CC(C)c1ccc2c(c1)CN(CC(F)(F)F)C2=O. The molecule has 0 spiro atoms. The van der Waals surface area contributed by atoms with Crippen molar-refractivity contribution in [3.63, 3.8) is 0 Å². The smallest absolute Gasteiger partial charge is 0.325 e. The second-order valence-corrected chi connectivity index (χ2v) is 4.85. The number of benzene rings is 1. The Morgan fingerprint density at radius 1 is 1.33 bits per heavy atom. The number of fused-ring (bicyclic) bond motifs is 1. The maximum atomic E-state index is 12.3. The molecule has 0 unspecified atom stereocenters. The number of halogens is 3. The van der Waals surface area contributed by atoms with E-state index in [0.717, 1.165) is 10.5 Å². The minimum absolute atomic E-state index is 0.0498. The first-order valence-corrected chi connectivity index (χ1v) is 5.77. The molecule has 0 saturated carbocycles. The van der Waals surface area contributed by atoms with Gasteiger partial charge in [0.15, 0.2) is 0 Å². The average Bonchev–Trinajstić information content (AvgIpc) is 2.53. The third-order valence-corrected chi connectivity index (χ3v) is 3.04. The second kappa shape index (κ2) is 4.30. The number of carbonyl (C=O) groups excluding carboxylic acids is 1. The molecule has 1 aromatic carbocycles. The highest BCUT2D eigenvalue weighted by Crippen LogP contribution is 2.29. The number of hydrogen-bond acceptors (Lipinski definition) is 1. The lowest BCUT2D eigenvalue weighted by Crippen LogP contribution is -2.34. The summed E-state index contributed by atoms with van der Waals surface area (Å²) in [6.07, 6.45) is -4.35. The zero-order valence-electron chi connectivity index (χ0n) is 10.2. The molecule has 1 heterocycles. The lowest BCUT2D eigenvalue weighted by Gasteiger charge is -2.17. The number of nitrogens with zero attached hydrogens (tertiary/aromatic N) is 1. The monoisotopic (exact) mass is 257 g/mol. The molecule has 0 bridgehead atoms. The van der Waals surface area contributed by atoms with Gasteiger partial charge in [-0.25, -0.2) is 0 Å². The summed E-state index contributed by atoms with van der Waals surface area (Å²) in [6, 6.07) is 5.26. The third kappa shape index (κ3) is 2.49. The van der Waals surface area contributed by atoms with Gasteiger partial charge in [-0.15, -0.1) is 0 Å². The van der Waals surface area contributed by atoms with Crippen LogP contribution in [-0.4, -0.2) is 23.5 Å². The van der Waals surface area contributed by atoms with Crippen LogP contribution in [0, 0.1) is 0 Å². The van der Waals surface area contributed by atoms with Gasteiger partial charge in [-0.1, -0.05) is 26.0 Å². The highest BCUT2D eigenvalue weighted by Gasteiger charge is 2.37. The molecule has 0 aromatic heterocycles. The summed E-state index contributed by atoms with van der Waals surface area (Å²) in [5.74, 6) is -0.236. The fraction of sp³-hybridized carbons (Fsp3) is 0.462. The minimum Gasteiger partial charge on any atom is -0.325 e. The molecule has 0 N–H and O–H groups in total. The molecule has 18 heavy (non-hydrogen) atoms. The Balaban J connectivity index is 2.25. The molecule has 2 rings (SSSR count). The second-order valence-electron chi connectivity index (χ2n) is 4.85. The first kappa shape index (κ1) is 12.9. The van der Waals surface area contributed by atoms with Crippen LogP contribution in [-0.2, 0) is 6.54 Å². The molecule has 1 aliphatic rings. The highest BCUT2D eigenvalue weighted by atomic mass is 19.4. The fourth-order valence-electron chi connectivity index (χ4n) is 2.10. The third-order valence-electron chi connectivity index (χ3n) is 3.04. The standard InChI is InChI=1S/C13H14F3NO/c1-8(2)9-3-4-11-10(5-9)6-17(12(11)18)7-13(14,15)16/h3-5,8H,6-7H2,1-2H3. The van der Waals surface area contributed by atoms with Crippen molar-refractivity contribution < 1.29 is 18.0 Å². The summed E-state index contributed by atoms with van der Waals surface area (Å²) in [5.41, 5.74) is 2.12. The van der Waals surface area contributed by atoms with Crippen molar-refractivity contribution in [2.24, 2.45) is 0 Å². The first-order valence-electron chi connectivity index (χ1n) is 5.77. The Bertz CT molecular complexity index is 480. The van der Waals surface area contributed by atoms with Crippen molar-refractivity contribution in [3.8, 4) is 0 Å². The summed E-state index contributed by atoms with van der Waals surface area (Å²) in [4.78, 5) is 12.6. The number of amides is 1. The van der Waals surface area contributed by atoms with Gasteiger partial charge in [-0.3, -0.25) is 4.79 Å². The molecular weight excluding hydrogens is 243 g/mol. The molecule has 98 valence electrons. The number of alkyl halides is 3. The van der Waals surface area contributed by atoms with Gasteiger partial charge in [0.25, 0.3) is 5.91 Å². The van der Waals surface area contributed by atoms with Crippen molar-refractivity contribution >= 4 is 5.91 Å². The molecule has 2 nitrogen and oxygen atoms in total. The summed E-state index contributed by atoms with van der Waals surface area (Å²) >= 11 is 0. The van der Waals surface area contributed by atoms with Crippen LogP contribution in [0.2, 0.25) is 0 Å². The van der Waals surface area contributed by atoms with Gasteiger partial charge in [0, 0.05) is 12.1 Å². The van der Waals surface area contributed by atoms with E-state index in [9.17, 15) is 18.0 Å². The molecule has 0 fully saturated rings. The van der Waals surface area contributed by atoms with Crippen LogP contribution in [0.25, 0.3) is 0 Å². The van der Waals surface area contributed by atoms with E-state index in [1.807, 2.05) is 19.9 Å². The maximum absolute atomic E-state index is 12.3. The highest BCUT2D eigenvalue weighted by molar-refractivity contribution is 5.98. The van der Waals surface area contributed by atoms with E-state index in [1.165, 1.54) is 0 Å². The van der Waals surface area contributed by atoms with Crippen molar-refractivity contribution in [1.82, 2.24) is 4.90 Å². The van der Waals surface area contributed by atoms with Crippen molar-refractivity contribution in [1.29, 1.82) is 0 Å². The zero-order chi connectivity index (χ0) is 13.5. The van der Waals surface area contributed by atoms with Gasteiger partial charge >= 0.3 is 6.18 Å². The maximum Gasteiger partial charge on any atom is 0.406 e. The molecule has 0 saturated heterocycles. The molecule has 1 aliphatic heterocycles. The van der Waals surface area contributed by atoms with E-state index in [1.54, 1.807) is 12.1 Å². The Kier molecular flexibility index (Phi) is 3.09. The summed E-state index contributed by atoms with van der Waals surface area (Å²) in [7, 11) is 0. The normalized spacial score (nSPS) is 15.4. The number of carbonyl (C=O) groups is 1. The van der Waals surface area contributed by atoms with Crippen molar-refractivity contribution in [3.05, 3.63) is 34.9 Å². The number of rotatable bonds is 2. The van der Waals surface area contributed by atoms with E-state index in [4.69, 9.17) is 0 Å². The lowest BCUT2D eigenvalue weighted by molar-refractivity contribution is -0.140. The van der Waals surface area contributed by atoms with Crippen LogP contribution in [0.5, 0.6) is 0 Å². The number of hydrogen-bond donors (Lipinski definition) is 0. The van der Waals surface area contributed by atoms with Gasteiger partial charge in [0.1, 0.15) is 6.54 Å². The molecule has 0 atom stereocenters. The van der Waals surface area contributed by atoms with Crippen LogP contribution in [0.1, 0.15) is 41.3 Å². The first-order chi connectivity index (χ1) is 8.28. The average molecular weight is 257 g/mol. The Morgan fingerprint density at radius 2 is 2.00 bits per heavy atom. The predicted octanol–water partition coefficient (Wildman–Crippen LogP) is 3.33. The van der Waals surface area contributed by atoms with Gasteiger partial charge < -0.3 is 4.90 Å². The van der Waals surface area contributed by atoms with Crippen LogP contribution in [0.15, 0.2) is 18.2 Å². The van der Waals surface area contributed by atoms with Crippen molar-refractivity contribution in [2.45, 2.75) is 32.5 Å². The Labute approximate surface area is 103 Å². The van der Waals surface area contributed by atoms with Gasteiger partial charge in [0.2, 0.25) is 0 Å². The Hall–Kier alpha value is -1.52. The van der Waals surface area contributed by atoms with Gasteiger partial charge in [-0.2, -0.15) is 13.2 Å². The van der Waals surface area contributed by atoms with E-state index >= 15 is 0 Å². The molecule has 5 heteroatoms. The molecule has 0 radical (unpaired) electrons. The van der Waals surface area contributed by atoms with Crippen LogP contribution >= 0.6 is 0 Å². The van der Waals surface area contributed by atoms with E-state index in [2.05, 4.69) is 0 Å². The molecule has 1 amide bonds. The van der Waals surface area contributed by atoms with E-state index in [0.29, 0.717) is 17.0 Å². The van der Waals surface area contributed by atoms with Crippen LogP contribution in [0.3, 0.4) is 0 Å². The minimum atomic E-state index is -4.35. The van der Waals surface area contributed by atoms with E-state index in [-0.39, 0.29) is 6.54 Å². The van der Waals surface area contributed by atoms with Crippen LogP contribution in [0.4, 0.5) is 13.2 Å². The summed E-state index contributed by atoms with van der Waals surface area (Å²) in [5, 5.41) is 0. The Morgan fingerprint density at radius 3 is 2.56 bits per heavy atom. The topological polar surface area (TPSA) is 20.3 Å². The van der Waals surface area contributed by atoms with E-state index < -0.39 is 18.6 Å². The van der Waals surface area contributed by atoms with Crippen LogP contribution < -0.4 is 0 Å². The van der Waals surface area contributed by atoms with Gasteiger partial charge in [0.05, 0.1) is 0 Å². The fourth-order valence-corrected chi connectivity index (χ4v) is 2.10.